The predicted molar refractivity (Wildman–Crippen MR) is 196 cm³/mol. The monoisotopic (exact) mass is 875 g/mol. The van der Waals surface area contributed by atoms with Gasteiger partial charge in [-0.3, -0.25) is 0 Å². The van der Waals surface area contributed by atoms with Crippen LogP contribution < -0.4 is 4.40 Å². The van der Waals surface area contributed by atoms with Gasteiger partial charge in [0.1, 0.15) is 5.58 Å². The van der Waals surface area contributed by atoms with Crippen LogP contribution in [-0.2, 0) is 26.5 Å². The van der Waals surface area contributed by atoms with Crippen molar-refractivity contribution in [3.63, 3.8) is 0 Å². The Balaban J connectivity index is 0.000000219. The number of furan rings is 1. The van der Waals surface area contributed by atoms with Gasteiger partial charge in [0.05, 0.1) is 5.58 Å². The number of aryl methyl sites for hydroxylation is 1. The fourth-order valence-corrected chi connectivity index (χ4v) is 9.37. The average Bonchev–Trinajstić information content (AvgIpc) is 3.47. The molecule has 0 saturated carbocycles. The summed E-state index contributed by atoms with van der Waals surface area (Å²) in [6.07, 6.45) is 2.21. The first kappa shape index (κ1) is 32.6. The fourth-order valence-electron chi connectivity index (χ4n) is 5.79. The smallest absolute Gasteiger partial charge is 0.120 e. The number of halogens is 1. The van der Waals surface area contributed by atoms with Crippen molar-refractivity contribution < 1.29 is 31.7 Å². The van der Waals surface area contributed by atoms with E-state index < -0.39 is 19.6 Å². The second-order valence-electron chi connectivity index (χ2n) is 13.1. The van der Waals surface area contributed by atoms with E-state index in [-0.39, 0.29) is 31.8 Å². The van der Waals surface area contributed by atoms with Crippen molar-refractivity contribution in [1.82, 2.24) is 9.97 Å². The summed E-state index contributed by atoms with van der Waals surface area (Å²) in [5, 5.41) is 2.04. The van der Waals surface area contributed by atoms with E-state index in [2.05, 4.69) is 76.6 Å². The van der Waals surface area contributed by atoms with E-state index in [1.54, 1.807) is 18.3 Å². The zero-order valence-electron chi connectivity index (χ0n) is 30.0. The van der Waals surface area contributed by atoms with Crippen molar-refractivity contribution in [2.45, 2.75) is 44.4 Å². The summed E-state index contributed by atoms with van der Waals surface area (Å²) in [5.74, 6) is 6.65. The topological polar surface area (TPSA) is 38.9 Å². The normalized spacial score (nSPS) is 12.2. The molecule has 3 nitrogen and oxygen atoms in total. The number of benzene rings is 4. The Bertz CT molecular complexity index is 2250. The second kappa shape index (κ2) is 15.1. The zero-order chi connectivity index (χ0) is 34.9. The maximum absolute atomic E-state index is 12.9. The molecule has 3 heterocycles. The van der Waals surface area contributed by atoms with Gasteiger partial charge in [-0.1, -0.05) is 72.8 Å². The molecule has 6 heteroatoms. The van der Waals surface area contributed by atoms with Crippen molar-refractivity contribution in [2.75, 3.05) is 0 Å². The number of nitrogens with zero attached hydrogens (tertiary/aromatic N) is 2. The Labute approximate surface area is 302 Å². The Morgan fingerprint density at radius 1 is 0.854 bits per heavy atom. The average molecular weight is 874 g/mol. The molecule has 48 heavy (non-hydrogen) atoms. The molecule has 7 rings (SSSR count). The summed E-state index contributed by atoms with van der Waals surface area (Å²) in [5.41, 5.74) is 8.83. The van der Waals surface area contributed by atoms with Gasteiger partial charge in [0.2, 0.25) is 0 Å². The molecular weight excluding hydrogens is 832 g/mol. The fraction of sp³-hybridized carbons (Fsp3) is 0.190. The molecule has 0 fully saturated rings. The Morgan fingerprint density at radius 2 is 1.65 bits per heavy atom. The first-order valence-electron chi connectivity index (χ1n) is 16.9. The molecule has 0 N–H and O–H groups in total. The zero-order valence-corrected chi connectivity index (χ0v) is 32.5. The van der Waals surface area contributed by atoms with Crippen LogP contribution >= 0.6 is 0 Å². The number of rotatable bonds is 6. The number of aromatic nitrogens is 2. The van der Waals surface area contributed by atoms with E-state index in [9.17, 15) is 4.39 Å². The largest absolute Gasteiger partial charge is 0.501 e. The molecule has 0 aliphatic carbocycles. The van der Waals surface area contributed by atoms with Crippen LogP contribution in [-0.4, -0.2) is 23.2 Å². The van der Waals surface area contributed by atoms with Crippen molar-refractivity contribution in [3.05, 3.63) is 139 Å². The van der Waals surface area contributed by atoms with Crippen LogP contribution in [0.2, 0.25) is 17.3 Å². The second-order valence-corrected chi connectivity index (χ2v) is 23.6. The standard InChI is InChI=1S/C27H22NO.C15H17FGeN.Ir/c1-18(2)15-19-13-14-28-25(16-19)23-10-6-9-22-24-17-21(20-7-4-3-5-8-20)11-12-26(24)29-27(22)23;1-11-9-15(12-5-7-13(16)8-6-12)18-10-14(11)17(2,3)4;/h3-9,11-14,16-18H,15H2,1-2H3;5,7-10H,1-4H3;/q2*-1;/i15D2;;. The summed E-state index contributed by atoms with van der Waals surface area (Å²) in [6, 6.07) is 36.7. The molecule has 4 aromatic carbocycles. The van der Waals surface area contributed by atoms with Crippen molar-refractivity contribution >= 4 is 39.6 Å². The van der Waals surface area contributed by atoms with E-state index in [4.69, 9.17) is 7.16 Å². The summed E-state index contributed by atoms with van der Waals surface area (Å²) in [7, 11) is 0. The van der Waals surface area contributed by atoms with Gasteiger partial charge >= 0.3 is 110 Å². The molecule has 0 spiro atoms. The number of hydrogen-bond acceptors (Lipinski definition) is 3. The summed E-state index contributed by atoms with van der Waals surface area (Å²) >= 11 is -1.84. The maximum atomic E-state index is 12.9. The van der Waals surface area contributed by atoms with Gasteiger partial charge in [-0.15, -0.1) is 18.2 Å². The van der Waals surface area contributed by atoms with Crippen LogP contribution in [0.1, 0.15) is 27.7 Å². The van der Waals surface area contributed by atoms with Crippen LogP contribution in [0, 0.1) is 30.8 Å². The molecule has 0 aliphatic rings. The van der Waals surface area contributed by atoms with E-state index in [1.165, 1.54) is 22.1 Å². The van der Waals surface area contributed by atoms with Gasteiger partial charge in [0.25, 0.3) is 0 Å². The van der Waals surface area contributed by atoms with Gasteiger partial charge < -0.3 is 9.40 Å². The Morgan fingerprint density at radius 3 is 2.33 bits per heavy atom. The molecule has 245 valence electrons. The first-order chi connectivity index (χ1) is 23.3. The SMILES string of the molecule is Cc1cc(-c2[c-]cc(F)cc2)nc[c]1[Ge]([CH3])([CH3])[CH3].[2H]C([2H])(c1ccnc(-c2[c-]ccc3c2oc2ccc(-c4ccccc4)cc23)c1)C(C)C.[Ir]. The predicted octanol–water partition coefficient (Wildman–Crippen LogP) is 10.9. The molecule has 0 saturated heterocycles. The first-order valence-corrected chi connectivity index (χ1v) is 23.2. The van der Waals surface area contributed by atoms with Gasteiger partial charge in [-0.2, -0.15) is 0 Å². The number of hydrogen-bond donors (Lipinski definition) is 0. The van der Waals surface area contributed by atoms with Gasteiger partial charge in [-0.05, 0) is 47.3 Å². The van der Waals surface area contributed by atoms with Crippen molar-refractivity contribution in [1.29, 1.82) is 0 Å². The quantitative estimate of drug-likeness (QED) is 0.123. The molecule has 7 aromatic rings. The van der Waals surface area contributed by atoms with Crippen molar-refractivity contribution in [2.24, 2.45) is 5.92 Å². The third-order valence-corrected chi connectivity index (χ3v) is 12.5. The summed E-state index contributed by atoms with van der Waals surface area (Å²) in [4.78, 5) is 9.01. The number of fused-ring (bicyclic) bond motifs is 3. The molecule has 0 atom stereocenters. The van der Waals surface area contributed by atoms with E-state index in [1.807, 2.05) is 62.5 Å². The molecule has 0 bridgehead atoms. The molecule has 0 unspecified atom stereocenters. The molecule has 3 aromatic heterocycles. The number of pyridine rings is 2. The minimum Gasteiger partial charge on any atom is -0.501 e. The van der Waals surface area contributed by atoms with Crippen LogP contribution in [0.4, 0.5) is 4.39 Å². The van der Waals surface area contributed by atoms with Crippen LogP contribution in [0.3, 0.4) is 0 Å². The third kappa shape index (κ3) is 8.03. The summed E-state index contributed by atoms with van der Waals surface area (Å²) in [6.45, 7) is 5.90. The van der Waals surface area contributed by atoms with Crippen LogP contribution in [0.15, 0.2) is 114 Å². The molecule has 0 amide bonds. The molecule has 1 radical (unpaired) electrons. The van der Waals surface area contributed by atoms with Crippen LogP contribution in [0.5, 0.6) is 0 Å². The van der Waals surface area contributed by atoms with Gasteiger partial charge in [0.15, 0.2) is 0 Å². The minimum absolute atomic E-state index is 0. The Hall–Kier alpha value is -3.90. The Kier molecular flexibility index (Phi) is 10.3. The maximum Gasteiger partial charge on any atom is 0.120 e. The minimum atomic E-state index is -1.84. The summed E-state index contributed by atoms with van der Waals surface area (Å²) < 4.78 is 37.4. The van der Waals surface area contributed by atoms with E-state index in [0.717, 1.165) is 49.9 Å². The van der Waals surface area contributed by atoms with E-state index >= 15 is 0 Å². The van der Waals surface area contributed by atoms with E-state index in [0.29, 0.717) is 11.3 Å². The van der Waals surface area contributed by atoms with Crippen LogP contribution in [0.25, 0.3) is 55.6 Å². The van der Waals surface area contributed by atoms with Gasteiger partial charge in [0, 0.05) is 34.4 Å². The molecular formula is C42H39FGeIrN2O-2. The third-order valence-electron chi connectivity index (χ3n) is 7.98. The van der Waals surface area contributed by atoms with Crippen molar-refractivity contribution in [3.8, 4) is 33.6 Å². The van der Waals surface area contributed by atoms with Gasteiger partial charge in [-0.25, -0.2) is 0 Å². The molecule has 0 aliphatic heterocycles.